The Morgan fingerprint density at radius 2 is 0.831 bits per heavy atom. The van der Waals surface area contributed by atoms with Crippen LogP contribution in [0.1, 0.15) is 278 Å². The SMILES string of the molecule is CCCCC/C=C\C/C=C\C/C=C\CCCCCCCCC(=O)OC(CCCCCC/C=C/C=C/CCCCC)CC(=O)NC(CO)C(O)CCCCCCCCCCCCCCCC. The molecule has 378 valence electrons. The van der Waals surface area contributed by atoms with Crippen LogP contribution in [0.5, 0.6) is 0 Å². The van der Waals surface area contributed by atoms with Crippen molar-refractivity contribution < 1.29 is 24.5 Å². The van der Waals surface area contributed by atoms with Crippen LogP contribution in [-0.2, 0) is 14.3 Å². The van der Waals surface area contributed by atoms with E-state index in [0.717, 1.165) is 96.3 Å². The van der Waals surface area contributed by atoms with E-state index in [1.165, 1.54) is 135 Å². The predicted molar refractivity (Wildman–Crippen MR) is 282 cm³/mol. The minimum Gasteiger partial charge on any atom is -0.462 e. The Hall–Kier alpha value is -2.44. The molecule has 0 rings (SSSR count). The number of carbonyl (C=O) groups excluding carboxylic acids is 2. The number of aliphatic hydroxyl groups is 2. The number of rotatable bonds is 50. The molecule has 6 nitrogen and oxygen atoms in total. The Morgan fingerprint density at radius 1 is 0.462 bits per heavy atom. The van der Waals surface area contributed by atoms with Gasteiger partial charge in [0.2, 0.25) is 5.91 Å². The molecule has 0 aromatic heterocycles. The van der Waals surface area contributed by atoms with Gasteiger partial charge in [-0.1, -0.05) is 236 Å². The molecule has 0 spiro atoms. The molecule has 0 bridgehead atoms. The van der Waals surface area contributed by atoms with Crippen LogP contribution >= 0.6 is 0 Å². The fourth-order valence-corrected chi connectivity index (χ4v) is 8.31. The van der Waals surface area contributed by atoms with Crippen LogP contribution in [0.2, 0.25) is 0 Å². The first-order valence-electron chi connectivity index (χ1n) is 28.0. The molecule has 0 saturated carbocycles. The van der Waals surface area contributed by atoms with Crippen LogP contribution in [0.4, 0.5) is 0 Å². The Bertz CT molecular complexity index is 1160. The number of nitrogens with one attached hydrogen (secondary N) is 1. The van der Waals surface area contributed by atoms with Gasteiger partial charge in [-0.05, 0) is 89.9 Å². The van der Waals surface area contributed by atoms with Gasteiger partial charge in [0.15, 0.2) is 0 Å². The Kier molecular flexibility index (Phi) is 50.6. The van der Waals surface area contributed by atoms with Crippen molar-refractivity contribution in [2.45, 2.75) is 296 Å². The van der Waals surface area contributed by atoms with Crippen LogP contribution in [0.25, 0.3) is 0 Å². The number of ether oxygens (including phenoxy) is 1. The zero-order valence-electron chi connectivity index (χ0n) is 43.1. The van der Waals surface area contributed by atoms with E-state index in [1.54, 1.807) is 0 Å². The van der Waals surface area contributed by atoms with Crippen molar-refractivity contribution in [2.24, 2.45) is 0 Å². The molecule has 3 atom stereocenters. The summed E-state index contributed by atoms with van der Waals surface area (Å²) < 4.78 is 5.94. The summed E-state index contributed by atoms with van der Waals surface area (Å²) in [6.07, 6.45) is 65.6. The van der Waals surface area contributed by atoms with Crippen molar-refractivity contribution in [3.63, 3.8) is 0 Å². The molecule has 0 aromatic carbocycles. The number of unbranched alkanes of at least 4 members (excludes halogenated alkanes) is 29. The summed E-state index contributed by atoms with van der Waals surface area (Å²) in [6, 6.07) is -0.712. The molecule has 0 heterocycles. The fraction of sp³-hybridized carbons (Fsp3) is 0.797. The second kappa shape index (κ2) is 52.5. The van der Waals surface area contributed by atoms with Crippen LogP contribution in [-0.4, -0.2) is 46.9 Å². The highest BCUT2D eigenvalue weighted by Crippen LogP contribution is 2.18. The summed E-state index contributed by atoms with van der Waals surface area (Å²) >= 11 is 0. The number of hydrogen-bond acceptors (Lipinski definition) is 5. The average molecular weight is 911 g/mol. The maximum Gasteiger partial charge on any atom is 0.306 e. The standard InChI is InChI=1S/C59H107NO5/c1-4-7-10-13-16-19-22-25-27-28-29-30-31-34-37-40-43-46-49-52-59(64)65-55(50-47-44-41-38-35-32-24-21-18-15-12-9-6-3)53-58(63)60-56(54-61)57(62)51-48-45-42-39-36-33-26-23-20-17-14-11-8-5-2/h16,18-19,21,24-25,27,29-30,32,55-57,61-62H,4-15,17,20,22-23,26,28,31,33-54H2,1-3H3,(H,60,63)/b19-16-,21-18+,27-25-,30-29-,32-24+. The first-order valence-corrected chi connectivity index (χ1v) is 28.0. The quantitative estimate of drug-likeness (QED) is 0.0245. The molecule has 6 heteroatoms. The van der Waals surface area contributed by atoms with Gasteiger partial charge < -0.3 is 20.3 Å². The van der Waals surface area contributed by atoms with Crippen molar-refractivity contribution in [2.75, 3.05) is 6.61 Å². The van der Waals surface area contributed by atoms with E-state index < -0.39 is 18.2 Å². The summed E-state index contributed by atoms with van der Waals surface area (Å²) in [6.45, 7) is 6.43. The van der Waals surface area contributed by atoms with Gasteiger partial charge in [-0.15, -0.1) is 0 Å². The lowest BCUT2D eigenvalue weighted by Crippen LogP contribution is -2.46. The van der Waals surface area contributed by atoms with E-state index in [-0.39, 0.29) is 24.9 Å². The summed E-state index contributed by atoms with van der Waals surface area (Å²) in [5.41, 5.74) is 0. The van der Waals surface area contributed by atoms with Gasteiger partial charge >= 0.3 is 5.97 Å². The van der Waals surface area contributed by atoms with Crippen molar-refractivity contribution >= 4 is 11.9 Å². The minimum atomic E-state index is -0.797. The molecule has 0 aliphatic rings. The van der Waals surface area contributed by atoms with Crippen LogP contribution < -0.4 is 5.32 Å². The highest BCUT2D eigenvalue weighted by atomic mass is 16.5. The monoisotopic (exact) mass is 910 g/mol. The molecular formula is C59H107NO5. The first-order chi connectivity index (χ1) is 32.0. The van der Waals surface area contributed by atoms with Gasteiger partial charge in [-0.2, -0.15) is 0 Å². The highest BCUT2D eigenvalue weighted by molar-refractivity contribution is 5.77. The van der Waals surface area contributed by atoms with Crippen molar-refractivity contribution in [3.8, 4) is 0 Å². The Labute approximate surface area is 403 Å². The van der Waals surface area contributed by atoms with Crippen molar-refractivity contribution in [1.29, 1.82) is 0 Å². The van der Waals surface area contributed by atoms with Crippen LogP contribution in [0, 0.1) is 0 Å². The molecule has 3 unspecified atom stereocenters. The third kappa shape index (κ3) is 47.8. The van der Waals surface area contributed by atoms with Crippen molar-refractivity contribution in [3.05, 3.63) is 60.8 Å². The zero-order valence-corrected chi connectivity index (χ0v) is 43.1. The largest absolute Gasteiger partial charge is 0.462 e. The predicted octanol–water partition coefficient (Wildman–Crippen LogP) is 17.2. The molecule has 1 amide bonds. The molecule has 0 aromatic rings. The Morgan fingerprint density at radius 3 is 1.31 bits per heavy atom. The van der Waals surface area contributed by atoms with E-state index in [4.69, 9.17) is 4.74 Å². The third-order valence-electron chi connectivity index (χ3n) is 12.6. The van der Waals surface area contributed by atoms with Crippen molar-refractivity contribution in [1.82, 2.24) is 5.32 Å². The third-order valence-corrected chi connectivity index (χ3v) is 12.6. The summed E-state index contributed by atoms with van der Waals surface area (Å²) in [5, 5.41) is 23.8. The normalized spacial score (nSPS) is 13.6. The number of hydrogen-bond donors (Lipinski definition) is 3. The van der Waals surface area contributed by atoms with Gasteiger partial charge in [0.05, 0.1) is 25.2 Å². The lowest BCUT2D eigenvalue weighted by Gasteiger charge is -2.24. The first kappa shape index (κ1) is 62.6. The summed E-state index contributed by atoms with van der Waals surface area (Å²) in [4.78, 5) is 26.2. The number of amides is 1. The molecule has 0 radical (unpaired) electrons. The number of carbonyl (C=O) groups is 2. The van der Waals surface area contributed by atoms with E-state index in [0.29, 0.717) is 19.3 Å². The van der Waals surface area contributed by atoms with Crippen LogP contribution in [0.3, 0.4) is 0 Å². The Balaban J connectivity index is 4.58. The number of allylic oxidation sites excluding steroid dienone is 10. The summed E-state index contributed by atoms with van der Waals surface area (Å²) in [5.74, 6) is -0.503. The number of esters is 1. The van der Waals surface area contributed by atoms with E-state index in [2.05, 4.69) is 86.8 Å². The topological polar surface area (TPSA) is 95.9 Å². The second-order valence-corrected chi connectivity index (χ2v) is 19.0. The lowest BCUT2D eigenvalue weighted by molar-refractivity contribution is -0.151. The molecule has 0 fully saturated rings. The van der Waals surface area contributed by atoms with Gasteiger partial charge in [0, 0.05) is 6.42 Å². The highest BCUT2D eigenvalue weighted by Gasteiger charge is 2.24. The molecule has 0 saturated heterocycles. The van der Waals surface area contributed by atoms with E-state index >= 15 is 0 Å². The molecular weight excluding hydrogens is 803 g/mol. The van der Waals surface area contributed by atoms with Gasteiger partial charge in [-0.25, -0.2) is 0 Å². The van der Waals surface area contributed by atoms with Gasteiger partial charge in [0.1, 0.15) is 6.10 Å². The molecule has 3 N–H and O–H groups in total. The fourth-order valence-electron chi connectivity index (χ4n) is 8.31. The number of aliphatic hydroxyl groups excluding tert-OH is 2. The smallest absolute Gasteiger partial charge is 0.306 e. The lowest BCUT2D eigenvalue weighted by atomic mass is 10.0. The molecule has 65 heavy (non-hydrogen) atoms. The van der Waals surface area contributed by atoms with E-state index in [1.807, 2.05) is 0 Å². The van der Waals surface area contributed by atoms with Crippen LogP contribution in [0.15, 0.2) is 60.8 Å². The van der Waals surface area contributed by atoms with Gasteiger partial charge in [0.25, 0.3) is 0 Å². The maximum absolute atomic E-state index is 13.2. The minimum absolute atomic E-state index is 0.0580. The summed E-state index contributed by atoms with van der Waals surface area (Å²) in [7, 11) is 0. The maximum atomic E-state index is 13.2. The van der Waals surface area contributed by atoms with Gasteiger partial charge in [-0.3, -0.25) is 9.59 Å². The molecule has 0 aliphatic heterocycles. The molecule has 0 aliphatic carbocycles. The van der Waals surface area contributed by atoms with E-state index in [9.17, 15) is 19.8 Å². The average Bonchev–Trinajstić information content (AvgIpc) is 3.30. The second-order valence-electron chi connectivity index (χ2n) is 19.0. The zero-order chi connectivity index (χ0) is 47.4.